The minimum atomic E-state index is 0.210. The molecule has 2 aliphatic heterocycles. The molecule has 0 bridgehead atoms. The highest BCUT2D eigenvalue weighted by Crippen LogP contribution is 2.29. The summed E-state index contributed by atoms with van der Waals surface area (Å²) in [6.07, 6.45) is 1.36. The van der Waals surface area contributed by atoms with Gasteiger partial charge in [-0.05, 0) is 6.07 Å². The molecule has 3 nitrogen and oxygen atoms in total. The number of hydrogen-bond acceptors (Lipinski definition) is 1. The smallest absolute Gasteiger partial charge is 0.259 e. The highest BCUT2D eigenvalue weighted by atomic mass is 16.2. The maximum atomic E-state index is 11.9. The molecule has 1 amide bonds. The molecule has 0 aliphatic carbocycles. The van der Waals surface area contributed by atoms with E-state index in [0.717, 1.165) is 25.1 Å². The average molecular weight is 189 g/mol. The Kier molecular flexibility index (Phi) is 1.61. The largest absolute Gasteiger partial charge is 0.323 e. The van der Waals surface area contributed by atoms with Gasteiger partial charge in [-0.1, -0.05) is 18.2 Å². The van der Waals surface area contributed by atoms with Crippen molar-refractivity contribution in [3.63, 3.8) is 0 Å². The third-order valence-corrected chi connectivity index (χ3v) is 3.10. The summed E-state index contributed by atoms with van der Waals surface area (Å²) in [5.41, 5.74) is 2.09. The first-order valence-corrected chi connectivity index (χ1v) is 5.11. The van der Waals surface area contributed by atoms with E-state index in [1.54, 1.807) is 0 Å². The molecule has 2 N–H and O–H groups in total. The molecular formula is C11H13N2O+. The number of hydrogen-bond donors (Lipinski definition) is 1. The fourth-order valence-electron chi connectivity index (χ4n) is 2.43. The van der Waals surface area contributed by atoms with Crippen LogP contribution in [0.2, 0.25) is 0 Å². The van der Waals surface area contributed by atoms with Gasteiger partial charge in [-0.15, -0.1) is 0 Å². The summed E-state index contributed by atoms with van der Waals surface area (Å²) < 4.78 is 0. The Morgan fingerprint density at radius 3 is 3.14 bits per heavy atom. The molecule has 1 aromatic carbocycles. The van der Waals surface area contributed by atoms with E-state index in [1.807, 2.05) is 23.1 Å². The molecule has 0 unspecified atom stereocenters. The van der Waals surface area contributed by atoms with E-state index in [0.29, 0.717) is 0 Å². The lowest BCUT2D eigenvalue weighted by atomic mass is 10.1. The number of carbonyl (C=O) groups is 1. The maximum Gasteiger partial charge on any atom is 0.259 e. The number of rotatable bonds is 0. The molecule has 2 heterocycles. The molecule has 3 rings (SSSR count). The first-order valence-electron chi connectivity index (χ1n) is 5.11. The fourth-order valence-corrected chi connectivity index (χ4v) is 2.43. The molecule has 0 saturated carbocycles. The van der Waals surface area contributed by atoms with Crippen LogP contribution in [0.4, 0.5) is 0 Å². The molecule has 3 heteroatoms. The molecule has 1 saturated heterocycles. The zero-order valence-corrected chi connectivity index (χ0v) is 7.94. The minimum absolute atomic E-state index is 0.210. The van der Waals surface area contributed by atoms with Crippen molar-refractivity contribution in [3.05, 3.63) is 35.4 Å². The maximum absolute atomic E-state index is 11.9. The van der Waals surface area contributed by atoms with Crippen LogP contribution in [0.1, 0.15) is 28.5 Å². The van der Waals surface area contributed by atoms with Gasteiger partial charge >= 0.3 is 0 Å². The number of carbonyl (C=O) groups excluding carboxylic acids is 1. The lowest BCUT2D eigenvalue weighted by Gasteiger charge is -2.27. The summed E-state index contributed by atoms with van der Waals surface area (Å²) in [6, 6.07) is 7.96. The second-order valence-electron chi connectivity index (χ2n) is 3.91. The predicted octanol–water partition coefficient (Wildman–Crippen LogP) is 0.108. The van der Waals surface area contributed by atoms with Crippen molar-refractivity contribution in [2.24, 2.45) is 0 Å². The van der Waals surface area contributed by atoms with Crippen LogP contribution in [0.5, 0.6) is 0 Å². The molecule has 0 radical (unpaired) electrons. The highest BCUT2D eigenvalue weighted by molar-refractivity contribution is 5.98. The summed E-state index contributed by atoms with van der Waals surface area (Å²) in [4.78, 5) is 13.9. The number of nitrogens with two attached hydrogens (primary N) is 1. The van der Waals surface area contributed by atoms with Crippen molar-refractivity contribution in [1.82, 2.24) is 4.90 Å². The Labute approximate surface area is 82.7 Å². The van der Waals surface area contributed by atoms with Gasteiger partial charge in [0.1, 0.15) is 0 Å². The molecule has 2 aliphatic rings. The quantitative estimate of drug-likeness (QED) is 0.618. The van der Waals surface area contributed by atoms with Gasteiger partial charge < -0.3 is 5.32 Å². The minimum Gasteiger partial charge on any atom is -0.323 e. The summed E-state index contributed by atoms with van der Waals surface area (Å²) in [5.74, 6) is 0.210. The molecular weight excluding hydrogens is 176 g/mol. The SMILES string of the molecule is O=C1c2ccccc2[C@@H]2[NH2+]CCCN12. The summed E-state index contributed by atoms with van der Waals surface area (Å²) in [5, 5.41) is 2.26. The summed E-state index contributed by atoms with van der Waals surface area (Å²) in [7, 11) is 0. The van der Waals surface area contributed by atoms with E-state index in [9.17, 15) is 4.79 Å². The predicted molar refractivity (Wildman–Crippen MR) is 51.6 cm³/mol. The standard InChI is InChI=1S/C11H12N2O/c14-11-9-5-2-1-4-8(9)10-12-6-3-7-13(10)11/h1-2,4-5,10,12H,3,6-7H2/p+1/t10-/m1/s1. The van der Waals surface area contributed by atoms with Crippen LogP contribution in [0.3, 0.4) is 0 Å². The number of quaternary nitrogens is 1. The fraction of sp³-hybridized carbons (Fsp3) is 0.364. The Bertz CT molecular complexity index is 389. The second kappa shape index (κ2) is 2.82. The van der Waals surface area contributed by atoms with E-state index >= 15 is 0 Å². The first kappa shape index (κ1) is 8.00. The van der Waals surface area contributed by atoms with Crippen LogP contribution in [-0.2, 0) is 0 Å². The average Bonchev–Trinajstić information content (AvgIpc) is 2.55. The van der Waals surface area contributed by atoms with Gasteiger partial charge in [-0.2, -0.15) is 0 Å². The monoisotopic (exact) mass is 189 g/mol. The zero-order chi connectivity index (χ0) is 9.54. The van der Waals surface area contributed by atoms with Crippen LogP contribution >= 0.6 is 0 Å². The third-order valence-electron chi connectivity index (χ3n) is 3.10. The zero-order valence-electron chi connectivity index (χ0n) is 7.94. The Balaban J connectivity index is 2.11. The van der Waals surface area contributed by atoms with Crippen molar-refractivity contribution in [1.29, 1.82) is 0 Å². The van der Waals surface area contributed by atoms with Crippen LogP contribution in [0.15, 0.2) is 24.3 Å². The third kappa shape index (κ3) is 0.930. The van der Waals surface area contributed by atoms with Crippen molar-refractivity contribution in [2.75, 3.05) is 13.1 Å². The van der Waals surface area contributed by atoms with Crippen LogP contribution in [-0.4, -0.2) is 23.9 Å². The van der Waals surface area contributed by atoms with Crippen LogP contribution in [0.25, 0.3) is 0 Å². The second-order valence-corrected chi connectivity index (χ2v) is 3.91. The Hall–Kier alpha value is -1.35. The van der Waals surface area contributed by atoms with Crippen molar-refractivity contribution in [2.45, 2.75) is 12.6 Å². The van der Waals surface area contributed by atoms with E-state index in [4.69, 9.17) is 0 Å². The number of amides is 1. The number of fused-ring (bicyclic) bond motifs is 3. The van der Waals surface area contributed by atoms with Gasteiger partial charge in [0.05, 0.1) is 12.1 Å². The van der Waals surface area contributed by atoms with Gasteiger partial charge in [-0.3, -0.25) is 9.69 Å². The molecule has 1 atom stereocenters. The van der Waals surface area contributed by atoms with Gasteiger partial charge in [0.25, 0.3) is 5.91 Å². The van der Waals surface area contributed by atoms with E-state index in [1.165, 1.54) is 5.56 Å². The van der Waals surface area contributed by atoms with Crippen LogP contribution in [0, 0.1) is 0 Å². The van der Waals surface area contributed by atoms with Crippen molar-refractivity contribution in [3.8, 4) is 0 Å². The van der Waals surface area contributed by atoms with Crippen molar-refractivity contribution >= 4 is 5.91 Å². The molecule has 0 spiro atoms. The molecule has 72 valence electrons. The summed E-state index contributed by atoms with van der Waals surface area (Å²) in [6.45, 7) is 2.04. The van der Waals surface area contributed by atoms with E-state index in [-0.39, 0.29) is 12.1 Å². The van der Waals surface area contributed by atoms with Gasteiger partial charge in [0.2, 0.25) is 0 Å². The van der Waals surface area contributed by atoms with Gasteiger partial charge in [0, 0.05) is 18.5 Å². The lowest BCUT2D eigenvalue weighted by molar-refractivity contribution is -0.721. The molecule has 1 aromatic rings. The van der Waals surface area contributed by atoms with Gasteiger partial charge in [-0.25, -0.2) is 0 Å². The molecule has 0 aromatic heterocycles. The topological polar surface area (TPSA) is 36.9 Å². The Morgan fingerprint density at radius 1 is 1.36 bits per heavy atom. The molecule has 1 fully saturated rings. The molecule has 14 heavy (non-hydrogen) atoms. The summed E-state index contributed by atoms with van der Waals surface area (Å²) >= 11 is 0. The Morgan fingerprint density at radius 2 is 2.21 bits per heavy atom. The normalized spacial score (nSPS) is 24.7. The first-order chi connectivity index (χ1) is 6.88. The number of benzene rings is 1. The van der Waals surface area contributed by atoms with E-state index in [2.05, 4.69) is 11.4 Å². The van der Waals surface area contributed by atoms with Gasteiger partial charge in [0.15, 0.2) is 6.17 Å². The lowest BCUT2D eigenvalue weighted by Crippen LogP contribution is -2.90. The van der Waals surface area contributed by atoms with Crippen LogP contribution < -0.4 is 5.32 Å². The highest BCUT2D eigenvalue weighted by Gasteiger charge is 2.40. The van der Waals surface area contributed by atoms with E-state index < -0.39 is 0 Å². The number of nitrogens with zero attached hydrogens (tertiary/aromatic N) is 1. The van der Waals surface area contributed by atoms with Crippen molar-refractivity contribution < 1.29 is 10.1 Å².